The van der Waals surface area contributed by atoms with Gasteiger partial charge >= 0.3 is 0 Å². The van der Waals surface area contributed by atoms with E-state index in [1.807, 2.05) is 13.0 Å². The molecule has 0 spiro atoms. The highest BCUT2D eigenvalue weighted by Gasteiger charge is 2.09. The van der Waals surface area contributed by atoms with Crippen LogP contribution in [0.2, 0.25) is 0 Å². The Labute approximate surface area is 95.7 Å². The third-order valence-electron chi connectivity index (χ3n) is 2.20. The molecule has 1 aromatic carbocycles. The van der Waals surface area contributed by atoms with Gasteiger partial charge in [-0.15, -0.1) is 0 Å². The molecule has 0 saturated heterocycles. The Morgan fingerprint density at radius 3 is 2.93 bits per heavy atom. The quantitative estimate of drug-likeness (QED) is 0.887. The molecule has 0 atom stereocenters. The Morgan fingerprint density at radius 2 is 2.27 bits per heavy atom. The smallest absolute Gasteiger partial charge is 0.175 e. The van der Waals surface area contributed by atoms with E-state index in [9.17, 15) is 4.39 Å². The second kappa shape index (κ2) is 4.14. The Balaban J connectivity index is 2.53. The molecular formula is C11H10BrFN2. The molecule has 0 bridgehead atoms. The second-order valence-electron chi connectivity index (χ2n) is 3.22. The molecule has 78 valence electrons. The van der Waals surface area contributed by atoms with Gasteiger partial charge in [0.15, 0.2) is 4.73 Å². The van der Waals surface area contributed by atoms with E-state index in [2.05, 4.69) is 25.9 Å². The molecule has 2 rings (SSSR count). The number of nitrogens with one attached hydrogen (secondary N) is 1. The first-order valence-corrected chi connectivity index (χ1v) is 5.50. The van der Waals surface area contributed by atoms with Gasteiger partial charge in [-0.25, -0.2) is 9.37 Å². The van der Waals surface area contributed by atoms with Crippen molar-refractivity contribution in [2.75, 3.05) is 0 Å². The maximum atomic E-state index is 13.0. The van der Waals surface area contributed by atoms with Crippen molar-refractivity contribution in [1.82, 2.24) is 9.97 Å². The van der Waals surface area contributed by atoms with Crippen molar-refractivity contribution in [3.8, 4) is 11.3 Å². The molecule has 0 fully saturated rings. The number of hydrogen-bond donors (Lipinski definition) is 1. The van der Waals surface area contributed by atoms with E-state index in [4.69, 9.17) is 0 Å². The van der Waals surface area contributed by atoms with Crippen molar-refractivity contribution >= 4 is 15.9 Å². The zero-order valence-electron chi connectivity index (χ0n) is 8.22. The van der Waals surface area contributed by atoms with E-state index in [1.54, 1.807) is 6.07 Å². The molecule has 15 heavy (non-hydrogen) atoms. The number of aryl methyl sites for hydroxylation is 1. The lowest BCUT2D eigenvalue weighted by atomic mass is 10.1. The largest absolute Gasteiger partial charge is 0.336 e. The fourth-order valence-corrected chi connectivity index (χ4v) is 1.92. The Hall–Kier alpha value is -1.16. The van der Waals surface area contributed by atoms with Crippen LogP contribution in [0.1, 0.15) is 12.6 Å². The van der Waals surface area contributed by atoms with Crippen molar-refractivity contribution < 1.29 is 4.39 Å². The Kier molecular flexibility index (Phi) is 2.86. The third-order valence-corrected chi connectivity index (χ3v) is 2.58. The number of nitrogens with zero attached hydrogens (tertiary/aromatic N) is 1. The monoisotopic (exact) mass is 268 g/mol. The predicted molar refractivity (Wildman–Crippen MR) is 61.1 cm³/mol. The first kappa shape index (κ1) is 10.4. The molecule has 0 amide bonds. The van der Waals surface area contributed by atoms with Crippen LogP contribution in [0.25, 0.3) is 11.3 Å². The number of hydrogen-bond acceptors (Lipinski definition) is 1. The van der Waals surface area contributed by atoms with Crippen molar-refractivity contribution in [3.05, 3.63) is 40.5 Å². The molecular weight excluding hydrogens is 259 g/mol. The highest BCUT2D eigenvalue weighted by molar-refractivity contribution is 9.10. The summed E-state index contributed by atoms with van der Waals surface area (Å²) in [5.41, 5.74) is 2.62. The van der Waals surface area contributed by atoms with Gasteiger partial charge in [0.25, 0.3) is 0 Å². The number of rotatable bonds is 2. The van der Waals surface area contributed by atoms with E-state index in [1.165, 1.54) is 12.1 Å². The number of H-pyrrole nitrogens is 1. The number of halogens is 2. The number of aromatic nitrogens is 2. The lowest BCUT2D eigenvalue weighted by Gasteiger charge is -1.99. The van der Waals surface area contributed by atoms with Gasteiger partial charge in [0.2, 0.25) is 0 Å². The average Bonchev–Trinajstić information content (AvgIpc) is 2.59. The van der Waals surface area contributed by atoms with Crippen molar-refractivity contribution in [3.63, 3.8) is 0 Å². The van der Waals surface area contributed by atoms with Gasteiger partial charge in [0.1, 0.15) is 5.82 Å². The summed E-state index contributed by atoms with van der Waals surface area (Å²) in [4.78, 5) is 7.38. The van der Waals surface area contributed by atoms with Gasteiger partial charge in [-0.1, -0.05) is 19.1 Å². The molecule has 0 aliphatic rings. The summed E-state index contributed by atoms with van der Waals surface area (Å²) in [7, 11) is 0. The molecule has 0 unspecified atom stereocenters. The molecule has 1 N–H and O–H groups in total. The van der Waals surface area contributed by atoms with Crippen LogP contribution < -0.4 is 0 Å². The minimum absolute atomic E-state index is 0.242. The summed E-state index contributed by atoms with van der Waals surface area (Å²) in [6, 6.07) is 6.45. The van der Waals surface area contributed by atoms with Crippen LogP contribution in [-0.4, -0.2) is 9.97 Å². The highest BCUT2D eigenvalue weighted by Crippen LogP contribution is 2.24. The van der Waals surface area contributed by atoms with E-state index in [0.29, 0.717) is 4.73 Å². The van der Waals surface area contributed by atoms with Crippen LogP contribution in [0.15, 0.2) is 29.0 Å². The minimum Gasteiger partial charge on any atom is -0.336 e. The molecule has 1 aromatic heterocycles. The summed E-state index contributed by atoms with van der Waals surface area (Å²) in [5.74, 6) is -0.242. The summed E-state index contributed by atoms with van der Waals surface area (Å²) in [6.45, 7) is 2.03. The first-order valence-electron chi connectivity index (χ1n) is 4.71. The lowest BCUT2D eigenvalue weighted by Crippen LogP contribution is -1.86. The Bertz CT molecular complexity index is 479. The second-order valence-corrected chi connectivity index (χ2v) is 3.97. The van der Waals surface area contributed by atoms with Crippen LogP contribution in [0.4, 0.5) is 4.39 Å². The van der Waals surface area contributed by atoms with Crippen LogP contribution >= 0.6 is 15.9 Å². The molecule has 4 heteroatoms. The zero-order chi connectivity index (χ0) is 10.8. The molecule has 2 aromatic rings. The van der Waals surface area contributed by atoms with Crippen LogP contribution in [0, 0.1) is 5.82 Å². The molecule has 0 radical (unpaired) electrons. The van der Waals surface area contributed by atoms with Crippen molar-refractivity contribution in [2.45, 2.75) is 13.3 Å². The van der Waals surface area contributed by atoms with Crippen molar-refractivity contribution in [2.24, 2.45) is 0 Å². The topological polar surface area (TPSA) is 28.7 Å². The van der Waals surface area contributed by atoms with E-state index < -0.39 is 0 Å². The third kappa shape index (κ3) is 2.09. The van der Waals surface area contributed by atoms with Crippen LogP contribution in [0.5, 0.6) is 0 Å². The minimum atomic E-state index is -0.242. The molecule has 0 aliphatic carbocycles. The molecule has 0 aliphatic heterocycles. The van der Waals surface area contributed by atoms with E-state index >= 15 is 0 Å². The zero-order valence-corrected chi connectivity index (χ0v) is 9.81. The summed E-state index contributed by atoms with van der Waals surface area (Å²) >= 11 is 3.28. The van der Waals surface area contributed by atoms with Crippen LogP contribution in [0.3, 0.4) is 0 Å². The van der Waals surface area contributed by atoms with E-state index in [-0.39, 0.29) is 5.82 Å². The standard InChI is InChI=1S/C11H10BrFN2/c1-2-9-10(15-11(12)14-9)7-4-3-5-8(13)6-7/h3-6H,2H2,1H3,(H,14,15). The Morgan fingerprint density at radius 1 is 1.47 bits per heavy atom. The fraction of sp³-hybridized carbons (Fsp3) is 0.182. The van der Waals surface area contributed by atoms with E-state index in [0.717, 1.165) is 23.4 Å². The van der Waals surface area contributed by atoms with Gasteiger partial charge in [-0.3, -0.25) is 0 Å². The number of aromatic amines is 1. The van der Waals surface area contributed by atoms with Crippen molar-refractivity contribution in [1.29, 1.82) is 0 Å². The maximum absolute atomic E-state index is 13.0. The summed E-state index contributed by atoms with van der Waals surface area (Å²) in [5, 5.41) is 0. The van der Waals surface area contributed by atoms with Gasteiger partial charge < -0.3 is 4.98 Å². The predicted octanol–water partition coefficient (Wildman–Crippen LogP) is 3.54. The lowest BCUT2D eigenvalue weighted by molar-refractivity contribution is 0.628. The van der Waals surface area contributed by atoms with Gasteiger partial charge in [0, 0.05) is 11.3 Å². The fourth-order valence-electron chi connectivity index (χ4n) is 1.51. The molecule has 2 nitrogen and oxygen atoms in total. The summed E-state index contributed by atoms with van der Waals surface area (Å²) in [6.07, 6.45) is 0.838. The summed E-state index contributed by atoms with van der Waals surface area (Å²) < 4.78 is 13.7. The van der Waals surface area contributed by atoms with Gasteiger partial charge in [-0.2, -0.15) is 0 Å². The van der Waals surface area contributed by atoms with Gasteiger partial charge in [-0.05, 0) is 34.5 Å². The molecule has 0 saturated carbocycles. The average molecular weight is 269 g/mol. The number of imidazole rings is 1. The highest BCUT2D eigenvalue weighted by atomic mass is 79.9. The SMILES string of the molecule is CCc1[nH]c(Br)nc1-c1cccc(F)c1. The first-order chi connectivity index (χ1) is 7.20. The normalized spacial score (nSPS) is 10.6. The van der Waals surface area contributed by atoms with Gasteiger partial charge in [0.05, 0.1) is 5.69 Å². The number of benzene rings is 1. The van der Waals surface area contributed by atoms with Crippen LogP contribution in [-0.2, 0) is 6.42 Å². The molecule has 1 heterocycles. The maximum Gasteiger partial charge on any atom is 0.175 e.